The molecule has 2 aliphatic rings. The molecule has 7 nitrogen and oxygen atoms in total. The number of morpholine rings is 1. The van der Waals surface area contributed by atoms with Crippen LogP contribution in [-0.2, 0) is 4.74 Å². The number of ether oxygens (including phenoxy) is 1. The number of guanidine groups is 1. The van der Waals surface area contributed by atoms with Gasteiger partial charge in [0.05, 0.1) is 13.2 Å². The van der Waals surface area contributed by atoms with E-state index in [1.807, 2.05) is 12.1 Å². The van der Waals surface area contributed by atoms with E-state index in [-0.39, 0.29) is 29.8 Å². The Bertz CT molecular complexity index is 603. The number of anilines is 1. The van der Waals surface area contributed by atoms with Gasteiger partial charge in [-0.05, 0) is 30.7 Å². The fourth-order valence-corrected chi connectivity index (χ4v) is 3.60. The predicted molar refractivity (Wildman–Crippen MR) is 127 cm³/mol. The van der Waals surface area contributed by atoms with Crippen molar-refractivity contribution >= 4 is 35.6 Å². The van der Waals surface area contributed by atoms with Crippen molar-refractivity contribution in [2.75, 3.05) is 83.6 Å². The molecule has 0 unspecified atom stereocenters. The molecule has 1 aromatic carbocycles. The number of nitrogens with zero attached hydrogens (tertiary/aromatic N) is 4. The van der Waals surface area contributed by atoms with Crippen molar-refractivity contribution in [3.63, 3.8) is 0 Å². The number of piperazine rings is 1. The van der Waals surface area contributed by atoms with Gasteiger partial charge >= 0.3 is 0 Å². The summed E-state index contributed by atoms with van der Waals surface area (Å²) >= 11 is 0. The summed E-state index contributed by atoms with van der Waals surface area (Å²) in [6.45, 7) is 11.2. The van der Waals surface area contributed by atoms with Gasteiger partial charge in [0.2, 0.25) is 0 Å². The second-order valence-electron chi connectivity index (χ2n) is 7.31. The highest BCUT2D eigenvalue weighted by molar-refractivity contribution is 14.0. The van der Waals surface area contributed by atoms with Gasteiger partial charge in [-0.1, -0.05) is 0 Å². The SMILES string of the molecule is I.NC(=NCCCN1CCOCC1)NCCN1CCN(c2ccc(F)cc2)CC1. The van der Waals surface area contributed by atoms with Gasteiger partial charge in [0.25, 0.3) is 0 Å². The maximum atomic E-state index is 13.0. The third-order valence-electron chi connectivity index (χ3n) is 5.32. The predicted octanol–water partition coefficient (Wildman–Crippen LogP) is 1.19. The lowest BCUT2D eigenvalue weighted by molar-refractivity contribution is 0.0377. The molecule has 0 aliphatic carbocycles. The lowest BCUT2D eigenvalue weighted by Gasteiger charge is -2.36. The summed E-state index contributed by atoms with van der Waals surface area (Å²) in [5.41, 5.74) is 7.06. The van der Waals surface area contributed by atoms with E-state index in [4.69, 9.17) is 10.5 Å². The van der Waals surface area contributed by atoms with Crippen LogP contribution in [0.15, 0.2) is 29.3 Å². The van der Waals surface area contributed by atoms with Crippen LogP contribution in [-0.4, -0.2) is 94.4 Å². The first-order valence-electron chi connectivity index (χ1n) is 10.3. The Kier molecular flexibility index (Phi) is 11.0. The summed E-state index contributed by atoms with van der Waals surface area (Å²) < 4.78 is 18.4. The highest BCUT2D eigenvalue weighted by Gasteiger charge is 2.16. The Labute approximate surface area is 190 Å². The monoisotopic (exact) mass is 520 g/mol. The molecule has 0 aromatic heterocycles. The zero-order valence-corrected chi connectivity index (χ0v) is 19.4. The van der Waals surface area contributed by atoms with Crippen molar-refractivity contribution in [1.29, 1.82) is 0 Å². The van der Waals surface area contributed by atoms with Crippen LogP contribution in [0.1, 0.15) is 6.42 Å². The van der Waals surface area contributed by atoms with E-state index in [2.05, 4.69) is 25.0 Å². The molecule has 0 spiro atoms. The molecule has 0 radical (unpaired) electrons. The third-order valence-corrected chi connectivity index (χ3v) is 5.32. The zero-order chi connectivity index (χ0) is 19.6. The Morgan fingerprint density at radius 3 is 2.34 bits per heavy atom. The molecule has 0 bridgehead atoms. The van der Waals surface area contributed by atoms with Crippen molar-refractivity contribution in [3.05, 3.63) is 30.1 Å². The summed E-state index contributed by atoms with van der Waals surface area (Å²) in [6, 6.07) is 6.74. The van der Waals surface area contributed by atoms with Gasteiger partial charge in [0, 0.05) is 71.1 Å². The summed E-state index contributed by atoms with van der Waals surface area (Å²) in [6.07, 6.45) is 1.02. The molecule has 2 fully saturated rings. The minimum atomic E-state index is -0.186. The number of hydrogen-bond acceptors (Lipinski definition) is 5. The number of nitrogens with two attached hydrogens (primary N) is 1. The van der Waals surface area contributed by atoms with Crippen molar-refractivity contribution in [2.24, 2.45) is 10.7 Å². The maximum absolute atomic E-state index is 13.0. The zero-order valence-electron chi connectivity index (χ0n) is 17.1. The quantitative estimate of drug-likeness (QED) is 0.233. The van der Waals surface area contributed by atoms with E-state index in [9.17, 15) is 4.39 Å². The minimum absolute atomic E-state index is 0. The molecule has 0 amide bonds. The summed E-state index contributed by atoms with van der Waals surface area (Å²) in [5, 5.41) is 3.21. The first-order valence-corrected chi connectivity index (χ1v) is 10.3. The Morgan fingerprint density at radius 1 is 1.00 bits per heavy atom. The number of benzene rings is 1. The molecular weight excluding hydrogens is 486 g/mol. The summed E-state index contributed by atoms with van der Waals surface area (Å²) in [5.74, 6) is 0.348. The first kappa shape index (κ1) is 24.1. The normalized spacial score (nSPS) is 19.1. The second-order valence-corrected chi connectivity index (χ2v) is 7.31. The molecule has 0 saturated carbocycles. The van der Waals surface area contributed by atoms with Crippen molar-refractivity contribution in [3.8, 4) is 0 Å². The molecule has 2 saturated heterocycles. The van der Waals surface area contributed by atoms with Crippen LogP contribution in [0.5, 0.6) is 0 Å². The summed E-state index contributed by atoms with van der Waals surface area (Å²) in [7, 11) is 0. The molecular formula is C20H34FIN6O. The lowest BCUT2D eigenvalue weighted by atomic mass is 10.2. The van der Waals surface area contributed by atoms with Gasteiger partial charge < -0.3 is 20.7 Å². The molecule has 3 rings (SSSR count). The van der Waals surface area contributed by atoms with Crippen LogP contribution < -0.4 is 16.0 Å². The first-order chi connectivity index (χ1) is 13.7. The van der Waals surface area contributed by atoms with Crippen LogP contribution in [0.25, 0.3) is 0 Å². The Balaban J connectivity index is 0.00000300. The fraction of sp³-hybridized carbons (Fsp3) is 0.650. The van der Waals surface area contributed by atoms with Crippen molar-refractivity contribution in [2.45, 2.75) is 6.42 Å². The second kappa shape index (κ2) is 13.2. The Morgan fingerprint density at radius 2 is 1.66 bits per heavy atom. The van der Waals surface area contributed by atoms with Crippen LogP contribution in [0.2, 0.25) is 0 Å². The van der Waals surface area contributed by atoms with Crippen LogP contribution in [0.4, 0.5) is 10.1 Å². The number of halogens is 2. The van der Waals surface area contributed by atoms with Gasteiger partial charge in [-0.15, -0.1) is 24.0 Å². The van der Waals surface area contributed by atoms with E-state index in [0.717, 1.165) is 90.8 Å². The van der Waals surface area contributed by atoms with E-state index >= 15 is 0 Å². The summed E-state index contributed by atoms with van der Waals surface area (Å²) in [4.78, 5) is 11.5. The highest BCUT2D eigenvalue weighted by Crippen LogP contribution is 2.16. The van der Waals surface area contributed by atoms with Gasteiger partial charge in [-0.2, -0.15) is 0 Å². The van der Waals surface area contributed by atoms with Crippen LogP contribution >= 0.6 is 24.0 Å². The smallest absolute Gasteiger partial charge is 0.188 e. The number of aliphatic imine (C=N–C) groups is 1. The molecule has 0 atom stereocenters. The number of hydrogen-bond donors (Lipinski definition) is 2. The molecule has 9 heteroatoms. The molecule has 164 valence electrons. The van der Waals surface area contributed by atoms with Crippen molar-refractivity contribution in [1.82, 2.24) is 15.1 Å². The highest BCUT2D eigenvalue weighted by atomic mass is 127. The van der Waals surface area contributed by atoms with E-state index in [1.165, 1.54) is 12.1 Å². The minimum Gasteiger partial charge on any atom is -0.379 e. The molecule has 29 heavy (non-hydrogen) atoms. The Hall–Kier alpha value is -1.17. The molecule has 1 aromatic rings. The molecule has 2 aliphatic heterocycles. The average Bonchev–Trinajstić information content (AvgIpc) is 2.73. The lowest BCUT2D eigenvalue weighted by Crippen LogP contribution is -2.49. The average molecular weight is 520 g/mol. The maximum Gasteiger partial charge on any atom is 0.188 e. The van der Waals surface area contributed by atoms with E-state index in [0.29, 0.717) is 5.96 Å². The van der Waals surface area contributed by atoms with Crippen molar-refractivity contribution < 1.29 is 9.13 Å². The molecule has 3 N–H and O–H groups in total. The van der Waals surface area contributed by atoms with Crippen LogP contribution in [0, 0.1) is 5.82 Å². The van der Waals surface area contributed by atoms with Crippen LogP contribution in [0.3, 0.4) is 0 Å². The number of rotatable bonds is 8. The van der Waals surface area contributed by atoms with E-state index < -0.39 is 0 Å². The van der Waals surface area contributed by atoms with Gasteiger partial charge in [-0.3, -0.25) is 14.8 Å². The topological polar surface area (TPSA) is 69.4 Å². The van der Waals surface area contributed by atoms with Gasteiger partial charge in [-0.25, -0.2) is 4.39 Å². The van der Waals surface area contributed by atoms with Gasteiger partial charge in [0.15, 0.2) is 5.96 Å². The molecule has 2 heterocycles. The standard InChI is InChI=1S/C20H33FN6O.HI/c21-18-2-4-19(5-3-18)27-12-10-26(11-13-27)9-7-24-20(22)23-6-1-8-25-14-16-28-17-15-25;/h2-5H,1,6-17H2,(H3,22,23,24);1H. The third kappa shape index (κ3) is 8.61. The fourth-order valence-electron chi connectivity index (χ4n) is 3.60. The van der Waals surface area contributed by atoms with Gasteiger partial charge in [0.1, 0.15) is 5.82 Å². The largest absolute Gasteiger partial charge is 0.379 e. The van der Waals surface area contributed by atoms with E-state index in [1.54, 1.807) is 0 Å². The number of nitrogens with one attached hydrogen (secondary N) is 1.